The first-order valence-electron chi connectivity index (χ1n) is 5.71. The van der Waals surface area contributed by atoms with E-state index in [0.717, 1.165) is 11.6 Å². The van der Waals surface area contributed by atoms with Gasteiger partial charge in [-0.15, -0.1) is 0 Å². The molecular formula is C13H12ClFN2O2S. The van der Waals surface area contributed by atoms with E-state index < -0.39 is 15.8 Å². The van der Waals surface area contributed by atoms with E-state index in [1.807, 2.05) is 0 Å². The van der Waals surface area contributed by atoms with E-state index in [9.17, 15) is 12.8 Å². The summed E-state index contributed by atoms with van der Waals surface area (Å²) in [6.45, 7) is 3.35. The lowest BCUT2D eigenvalue weighted by molar-refractivity contribution is 0.594. The fraction of sp³-hybridized carbons (Fsp3) is 0.154. The van der Waals surface area contributed by atoms with Crippen molar-refractivity contribution in [1.82, 2.24) is 4.98 Å². The minimum Gasteiger partial charge on any atom is -0.276 e. The fourth-order valence-electron chi connectivity index (χ4n) is 1.69. The van der Waals surface area contributed by atoms with Crippen molar-refractivity contribution in [2.24, 2.45) is 0 Å². The van der Waals surface area contributed by atoms with E-state index in [1.54, 1.807) is 19.9 Å². The predicted octanol–water partition coefficient (Wildman–Crippen LogP) is 3.29. The number of nitrogens with zero attached hydrogens (tertiary/aromatic N) is 1. The lowest BCUT2D eigenvalue weighted by atomic mass is 10.2. The van der Waals surface area contributed by atoms with Crippen molar-refractivity contribution in [3.8, 4) is 0 Å². The molecule has 0 aliphatic carbocycles. The second kappa shape index (κ2) is 5.38. The van der Waals surface area contributed by atoms with Gasteiger partial charge in [-0.25, -0.2) is 17.8 Å². The highest BCUT2D eigenvalue weighted by molar-refractivity contribution is 7.92. The molecular weight excluding hydrogens is 303 g/mol. The van der Waals surface area contributed by atoms with Crippen LogP contribution in [0.5, 0.6) is 0 Å². The van der Waals surface area contributed by atoms with Gasteiger partial charge in [0.15, 0.2) is 5.15 Å². The summed E-state index contributed by atoms with van der Waals surface area (Å²) in [7, 11) is -3.92. The Morgan fingerprint density at radius 1 is 1.25 bits per heavy atom. The topological polar surface area (TPSA) is 59.1 Å². The van der Waals surface area contributed by atoms with Crippen molar-refractivity contribution < 1.29 is 12.8 Å². The summed E-state index contributed by atoms with van der Waals surface area (Å²) in [5.74, 6) is -0.621. The largest absolute Gasteiger partial charge is 0.276 e. The smallest absolute Gasteiger partial charge is 0.262 e. The van der Waals surface area contributed by atoms with Gasteiger partial charge >= 0.3 is 0 Å². The van der Waals surface area contributed by atoms with Crippen LogP contribution in [-0.2, 0) is 10.0 Å². The third-order valence-electron chi connectivity index (χ3n) is 2.66. The van der Waals surface area contributed by atoms with Gasteiger partial charge in [-0.2, -0.15) is 0 Å². The monoisotopic (exact) mass is 314 g/mol. The first-order valence-corrected chi connectivity index (χ1v) is 7.57. The van der Waals surface area contributed by atoms with Crippen molar-refractivity contribution in [3.63, 3.8) is 0 Å². The molecule has 0 spiro atoms. The number of benzene rings is 1. The van der Waals surface area contributed by atoms with Crippen LogP contribution in [0.15, 0.2) is 35.4 Å². The Balaban J connectivity index is 2.46. The van der Waals surface area contributed by atoms with Gasteiger partial charge in [0, 0.05) is 6.20 Å². The van der Waals surface area contributed by atoms with Crippen LogP contribution in [0, 0.1) is 19.7 Å². The number of nitrogens with one attached hydrogen (secondary N) is 1. The number of anilines is 1. The molecule has 0 aliphatic heterocycles. The molecule has 0 aliphatic rings. The summed E-state index contributed by atoms with van der Waals surface area (Å²) in [6, 6.07) is 5.13. The van der Waals surface area contributed by atoms with Crippen LogP contribution in [0.1, 0.15) is 11.1 Å². The van der Waals surface area contributed by atoms with Gasteiger partial charge in [0.25, 0.3) is 10.0 Å². The zero-order valence-corrected chi connectivity index (χ0v) is 12.4. The lowest BCUT2D eigenvalue weighted by Crippen LogP contribution is -2.15. The molecule has 20 heavy (non-hydrogen) atoms. The molecule has 2 aromatic rings. The number of pyridine rings is 1. The number of rotatable bonds is 3. The van der Waals surface area contributed by atoms with Crippen LogP contribution in [0.2, 0.25) is 5.15 Å². The molecule has 0 unspecified atom stereocenters. The summed E-state index contributed by atoms with van der Waals surface area (Å²) in [6.07, 6.45) is 1.52. The number of sulfonamides is 1. The molecule has 1 heterocycles. The number of hydrogen-bond donors (Lipinski definition) is 1. The summed E-state index contributed by atoms with van der Waals surface area (Å²) in [5.41, 5.74) is 1.36. The third-order valence-corrected chi connectivity index (χ3v) is 4.47. The van der Waals surface area contributed by atoms with Crippen LogP contribution < -0.4 is 4.72 Å². The Hall–Kier alpha value is -1.66. The molecule has 7 heteroatoms. The van der Waals surface area contributed by atoms with Gasteiger partial charge in [-0.3, -0.25) is 4.72 Å². The Kier molecular flexibility index (Phi) is 3.96. The SMILES string of the molecule is Cc1cnc(Cl)c(NS(=O)(=O)c2cc(F)ccc2C)c1. The van der Waals surface area contributed by atoms with Gasteiger partial charge in [0.2, 0.25) is 0 Å². The summed E-state index contributed by atoms with van der Waals surface area (Å²) in [5, 5.41) is 0.0354. The number of aryl methyl sites for hydroxylation is 2. The highest BCUT2D eigenvalue weighted by atomic mass is 35.5. The van der Waals surface area contributed by atoms with Crippen molar-refractivity contribution in [2.75, 3.05) is 4.72 Å². The molecule has 0 bridgehead atoms. The van der Waals surface area contributed by atoms with Gasteiger partial charge in [0.05, 0.1) is 10.6 Å². The second-order valence-corrected chi connectivity index (χ2v) is 6.38. The normalized spacial score (nSPS) is 11.4. The number of halogens is 2. The van der Waals surface area contributed by atoms with E-state index in [4.69, 9.17) is 11.6 Å². The van der Waals surface area contributed by atoms with Crippen molar-refractivity contribution in [1.29, 1.82) is 0 Å². The minimum atomic E-state index is -3.92. The molecule has 4 nitrogen and oxygen atoms in total. The summed E-state index contributed by atoms with van der Waals surface area (Å²) < 4.78 is 40.1. The predicted molar refractivity (Wildman–Crippen MR) is 75.9 cm³/mol. The van der Waals surface area contributed by atoms with Crippen LogP contribution in [0.4, 0.5) is 10.1 Å². The zero-order chi connectivity index (χ0) is 14.9. The molecule has 1 aromatic heterocycles. The average molecular weight is 315 g/mol. The average Bonchev–Trinajstić information content (AvgIpc) is 2.36. The van der Waals surface area contributed by atoms with Crippen molar-refractivity contribution in [3.05, 3.63) is 52.6 Å². The maximum atomic E-state index is 13.2. The van der Waals surface area contributed by atoms with E-state index in [2.05, 4.69) is 9.71 Å². The molecule has 0 fully saturated rings. The Bertz CT molecular complexity index is 763. The maximum Gasteiger partial charge on any atom is 0.262 e. The van der Waals surface area contributed by atoms with Crippen LogP contribution >= 0.6 is 11.6 Å². The Morgan fingerprint density at radius 2 is 1.95 bits per heavy atom. The highest BCUT2D eigenvalue weighted by Crippen LogP contribution is 2.25. The number of aromatic nitrogens is 1. The third kappa shape index (κ3) is 3.08. The fourth-order valence-corrected chi connectivity index (χ4v) is 3.21. The molecule has 1 aromatic carbocycles. The Morgan fingerprint density at radius 3 is 2.65 bits per heavy atom. The molecule has 0 atom stereocenters. The van der Waals surface area contributed by atoms with Gasteiger partial charge in [0.1, 0.15) is 5.82 Å². The standard InChI is InChI=1S/C13H12ClFN2O2S/c1-8-5-11(13(14)16-7-8)17-20(18,19)12-6-10(15)4-3-9(12)2/h3-7,17H,1-2H3. The van der Waals surface area contributed by atoms with Crippen molar-refractivity contribution >= 4 is 27.3 Å². The minimum absolute atomic E-state index is 0.0354. The summed E-state index contributed by atoms with van der Waals surface area (Å²) >= 11 is 5.85. The van der Waals surface area contributed by atoms with Crippen molar-refractivity contribution in [2.45, 2.75) is 18.7 Å². The molecule has 0 saturated heterocycles. The van der Waals surface area contributed by atoms with E-state index in [0.29, 0.717) is 5.56 Å². The Labute approximate surface area is 121 Å². The van der Waals surface area contributed by atoms with Gasteiger partial charge < -0.3 is 0 Å². The van der Waals surface area contributed by atoms with E-state index >= 15 is 0 Å². The van der Waals surface area contributed by atoms with Gasteiger partial charge in [-0.05, 0) is 43.2 Å². The zero-order valence-electron chi connectivity index (χ0n) is 10.8. The molecule has 106 valence electrons. The first kappa shape index (κ1) is 14.7. The van der Waals surface area contributed by atoms with E-state index in [-0.39, 0.29) is 15.7 Å². The van der Waals surface area contributed by atoms with Crippen LogP contribution in [0.3, 0.4) is 0 Å². The molecule has 0 radical (unpaired) electrons. The van der Waals surface area contributed by atoms with E-state index in [1.165, 1.54) is 18.3 Å². The quantitative estimate of drug-likeness (QED) is 0.884. The maximum absolute atomic E-state index is 13.2. The molecule has 1 N–H and O–H groups in total. The number of hydrogen-bond acceptors (Lipinski definition) is 3. The highest BCUT2D eigenvalue weighted by Gasteiger charge is 2.19. The molecule has 2 rings (SSSR count). The molecule has 0 saturated carbocycles. The summed E-state index contributed by atoms with van der Waals surface area (Å²) in [4.78, 5) is 3.73. The van der Waals surface area contributed by atoms with Gasteiger partial charge in [-0.1, -0.05) is 17.7 Å². The first-order chi connectivity index (χ1) is 9.29. The molecule has 0 amide bonds. The van der Waals surface area contributed by atoms with Crippen LogP contribution in [-0.4, -0.2) is 13.4 Å². The van der Waals surface area contributed by atoms with Crippen LogP contribution in [0.25, 0.3) is 0 Å². The second-order valence-electron chi connectivity index (χ2n) is 4.37. The lowest BCUT2D eigenvalue weighted by Gasteiger charge is -2.11.